The minimum Gasteiger partial charge on any atom is -0.208 e. The van der Waals surface area contributed by atoms with Gasteiger partial charge in [-0.1, -0.05) is 196 Å². The fraction of sp³-hybridized carbons (Fsp3) is 0.219. The number of rotatable bonds is 10. The molecule has 0 atom stereocenters. The predicted octanol–water partition coefficient (Wildman–Crippen LogP) is 16.7. The van der Waals surface area contributed by atoms with Gasteiger partial charge in [-0.05, 0) is 119 Å². The molecule has 0 saturated heterocycles. The van der Waals surface area contributed by atoms with Crippen molar-refractivity contribution in [1.82, 2.24) is 29.9 Å². The van der Waals surface area contributed by atoms with E-state index in [-0.39, 0.29) is 0 Å². The number of aromatic nitrogens is 6. The van der Waals surface area contributed by atoms with Crippen LogP contribution >= 0.6 is 0 Å². The van der Waals surface area contributed by atoms with E-state index in [9.17, 15) is 0 Å². The van der Waals surface area contributed by atoms with Gasteiger partial charge in [0.2, 0.25) is 0 Å². The first-order valence-electron chi connectivity index (χ1n) is 25.6. The zero-order valence-electron chi connectivity index (χ0n) is 39.6. The molecule has 70 heavy (non-hydrogen) atoms. The monoisotopic (exact) mass is 908 g/mol. The average molecular weight is 909 g/mol. The lowest BCUT2D eigenvalue weighted by Crippen LogP contribution is -2.06. The molecule has 0 bridgehead atoms. The van der Waals surface area contributed by atoms with Crippen molar-refractivity contribution < 1.29 is 0 Å². The minimum absolute atomic E-state index is 0.464. The van der Waals surface area contributed by atoms with E-state index in [0.29, 0.717) is 41.0 Å². The molecule has 2 saturated carbocycles. The summed E-state index contributed by atoms with van der Waals surface area (Å²) in [6.45, 7) is 0. The van der Waals surface area contributed by atoms with Crippen molar-refractivity contribution in [2.45, 2.75) is 88.9 Å². The first-order valence-corrected chi connectivity index (χ1v) is 25.6. The van der Waals surface area contributed by atoms with E-state index < -0.39 is 0 Å². The van der Waals surface area contributed by atoms with Gasteiger partial charge in [-0.15, -0.1) is 0 Å². The highest BCUT2D eigenvalue weighted by Gasteiger charge is 2.24. The second kappa shape index (κ2) is 19.7. The van der Waals surface area contributed by atoms with Gasteiger partial charge in [0.25, 0.3) is 0 Å². The summed E-state index contributed by atoms with van der Waals surface area (Å²) >= 11 is 0. The second-order valence-electron chi connectivity index (χ2n) is 19.4. The molecule has 12 rings (SSSR count). The Kier molecular flexibility index (Phi) is 12.3. The molecule has 0 radical (unpaired) electrons. The largest absolute Gasteiger partial charge is 0.208 e. The summed E-state index contributed by atoms with van der Waals surface area (Å²) in [6.07, 6.45) is 21.0. The molecule has 0 unspecified atom stereocenters. The van der Waals surface area contributed by atoms with Gasteiger partial charge in [0.15, 0.2) is 34.9 Å². The van der Waals surface area contributed by atoms with Gasteiger partial charge in [0.05, 0.1) is 0 Å². The van der Waals surface area contributed by atoms with Crippen LogP contribution in [0.15, 0.2) is 182 Å². The highest BCUT2D eigenvalue weighted by molar-refractivity contribution is 6.07. The van der Waals surface area contributed by atoms with E-state index in [1.165, 1.54) is 108 Å². The molecule has 3 aliphatic carbocycles. The van der Waals surface area contributed by atoms with Crippen LogP contribution in [0.25, 0.3) is 95.5 Å². The van der Waals surface area contributed by atoms with Gasteiger partial charge in [-0.25, -0.2) is 29.9 Å². The van der Waals surface area contributed by atoms with Crippen molar-refractivity contribution >= 4 is 16.3 Å². The Hall–Kier alpha value is -7.70. The third-order valence-corrected chi connectivity index (χ3v) is 14.7. The molecule has 9 aromatic rings. The molecule has 3 aliphatic rings. The molecule has 6 nitrogen and oxygen atoms in total. The van der Waals surface area contributed by atoms with Crippen LogP contribution in [0.4, 0.5) is 0 Å². The molecule has 0 amide bonds. The van der Waals surface area contributed by atoms with Crippen LogP contribution in [0.1, 0.15) is 106 Å². The fourth-order valence-corrected chi connectivity index (χ4v) is 11.1. The maximum Gasteiger partial charge on any atom is 0.164 e. The quantitative estimate of drug-likeness (QED) is 0.136. The Balaban J connectivity index is 1.05. The van der Waals surface area contributed by atoms with Crippen molar-refractivity contribution in [3.8, 4) is 79.2 Å². The Labute approximate surface area is 411 Å². The highest BCUT2D eigenvalue weighted by Crippen LogP contribution is 2.44. The summed E-state index contributed by atoms with van der Waals surface area (Å²) in [5.41, 5.74) is 13.5. The minimum atomic E-state index is 0.464. The number of hydrogen-bond donors (Lipinski definition) is 0. The maximum absolute atomic E-state index is 5.29. The normalized spacial score (nSPS) is 15.5. The number of allylic oxidation sites excluding steroid dienone is 4. The summed E-state index contributed by atoms with van der Waals surface area (Å²) in [7, 11) is 0. The van der Waals surface area contributed by atoms with E-state index in [0.717, 1.165) is 52.1 Å². The lowest BCUT2D eigenvalue weighted by molar-refractivity contribution is 0.444. The van der Waals surface area contributed by atoms with Crippen LogP contribution in [-0.4, -0.2) is 29.9 Å². The summed E-state index contributed by atoms with van der Waals surface area (Å²) in [4.78, 5) is 31.2. The third-order valence-electron chi connectivity index (χ3n) is 14.7. The lowest BCUT2D eigenvalue weighted by atomic mass is 9.81. The molecule has 342 valence electrons. The van der Waals surface area contributed by atoms with Gasteiger partial charge in [-0.2, -0.15) is 0 Å². The summed E-state index contributed by atoms with van der Waals surface area (Å²) < 4.78 is 0. The summed E-state index contributed by atoms with van der Waals surface area (Å²) in [6, 6.07) is 58.9. The molecule has 0 N–H and O–H groups in total. The number of nitrogens with zero attached hydrogens (tertiary/aromatic N) is 6. The lowest BCUT2D eigenvalue weighted by Gasteiger charge is -2.24. The van der Waals surface area contributed by atoms with Crippen LogP contribution in [0.3, 0.4) is 0 Å². The van der Waals surface area contributed by atoms with Crippen LogP contribution < -0.4 is 0 Å². The van der Waals surface area contributed by atoms with Gasteiger partial charge in [0, 0.05) is 33.4 Å². The number of hydrogen-bond acceptors (Lipinski definition) is 6. The number of benzene rings is 7. The molecule has 7 aromatic carbocycles. The Bertz CT molecular complexity index is 3320. The summed E-state index contributed by atoms with van der Waals surface area (Å²) in [5, 5.41) is 2.43. The first-order chi connectivity index (χ1) is 34.7. The molecule has 2 aromatic heterocycles. The molecule has 0 aliphatic heterocycles. The molecule has 6 heteroatoms. The molecule has 0 spiro atoms. The fourth-order valence-electron chi connectivity index (χ4n) is 11.1. The predicted molar refractivity (Wildman–Crippen MR) is 287 cm³/mol. The smallest absolute Gasteiger partial charge is 0.164 e. The highest BCUT2D eigenvalue weighted by atomic mass is 15.0. The number of fused-ring (bicyclic) bond motifs is 1. The zero-order chi connectivity index (χ0) is 46.6. The topological polar surface area (TPSA) is 77.3 Å². The maximum atomic E-state index is 5.29. The van der Waals surface area contributed by atoms with Crippen molar-refractivity contribution in [3.63, 3.8) is 0 Å². The van der Waals surface area contributed by atoms with Gasteiger partial charge >= 0.3 is 0 Å². The Morgan fingerprint density at radius 3 is 1.14 bits per heavy atom. The van der Waals surface area contributed by atoms with E-state index in [1.54, 1.807) is 0 Å². The Morgan fingerprint density at radius 2 is 0.729 bits per heavy atom. The SMILES string of the molecule is C1=CC(c2nc(-c3ccccc3)nc(-c3cc(-c4cccc5cccc(-c6cc(-c7nc(-c8ccccc8)nc(-c8ccccc8)n7)cc(C7CCCCC7)c6)c45)cc(C4CCCCC4)c3)n2)=CCC1. The van der Waals surface area contributed by atoms with Gasteiger partial charge in [-0.3, -0.25) is 0 Å². The summed E-state index contributed by atoms with van der Waals surface area (Å²) in [5.74, 6) is 5.07. The van der Waals surface area contributed by atoms with Crippen LogP contribution in [0.2, 0.25) is 0 Å². The second-order valence-corrected chi connectivity index (χ2v) is 19.4. The van der Waals surface area contributed by atoms with Crippen LogP contribution in [0, 0.1) is 0 Å². The molecule has 2 fully saturated rings. The van der Waals surface area contributed by atoms with Crippen molar-refractivity contribution in [2.24, 2.45) is 0 Å². The van der Waals surface area contributed by atoms with Crippen LogP contribution in [0.5, 0.6) is 0 Å². The standard InChI is InChI=1S/C64H56N6/c1-7-21-43(22-8-1)50-37-52(41-54(39-50)63-67-59(46-25-11-3-12-26-46)65-60(68-63)47-27-13-4-14-28-47)56-35-19-33-45-34-20-36-57(58(45)56)53-38-51(44-23-9-2-10-24-44)40-55(42-53)64-69-61(48-29-15-5-16-30-48)66-62(70-64)49-31-17-6-18-32-49/h3-5,11-17,19-20,25-44H,1-2,6-10,18,21-24H2. The Morgan fingerprint density at radius 1 is 0.329 bits per heavy atom. The van der Waals surface area contributed by atoms with Gasteiger partial charge < -0.3 is 0 Å². The molecular weight excluding hydrogens is 853 g/mol. The van der Waals surface area contributed by atoms with Crippen LogP contribution in [-0.2, 0) is 0 Å². The van der Waals surface area contributed by atoms with E-state index >= 15 is 0 Å². The van der Waals surface area contributed by atoms with Crippen molar-refractivity contribution in [2.75, 3.05) is 0 Å². The van der Waals surface area contributed by atoms with E-state index in [2.05, 4.69) is 140 Å². The van der Waals surface area contributed by atoms with Crippen molar-refractivity contribution in [3.05, 3.63) is 199 Å². The zero-order valence-corrected chi connectivity index (χ0v) is 39.6. The van der Waals surface area contributed by atoms with E-state index in [1.807, 2.05) is 42.5 Å². The average Bonchev–Trinajstić information content (AvgIpc) is 3.45. The van der Waals surface area contributed by atoms with E-state index in [4.69, 9.17) is 29.9 Å². The third kappa shape index (κ3) is 9.14. The molecule has 2 heterocycles. The first kappa shape index (κ1) is 43.6. The van der Waals surface area contributed by atoms with Gasteiger partial charge in [0.1, 0.15) is 0 Å². The van der Waals surface area contributed by atoms with Crippen molar-refractivity contribution in [1.29, 1.82) is 0 Å². The molecular formula is C64H56N6.